The minimum atomic E-state index is -0.223. The molecule has 0 aliphatic heterocycles. The highest BCUT2D eigenvalue weighted by Gasteiger charge is 2.12. The van der Waals surface area contributed by atoms with Crippen molar-refractivity contribution < 1.29 is 4.79 Å². The number of hydrogen-bond donors (Lipinski definition) is 2. The number of hydrogen-bond acceptors (Lipinski definition) is 3. The molecule has 0 atom stereocenters. The Balaban J connectivity index is 1.38. The number of amides is 2. The van der Waals surface area contributed by atoms with Gasteiger partial charge in [-0.1, -0.05) is 6.07 Å². The molecule has 0 spiro atoms. The predicted octanol–water partition coefficient (Wildman–Crippen LogP) is 3.17. The van der Waals surface area contributed by atoms with Crippen LogP contribution in [0.15, 0.2) is 36.8 Å². The summed E-state index contributed by atoms with van der Waals surface area (Å²) >= 11 is 0. The number of rotatable bonds is 3. The van der Waals surface area contributed by atoms with Crippen molar-refractivity contribution >= 4 is 22.8 Å². The number of anilines is 1. The van der Waals surface area contributed by atoms with Crippen LogP contribution in [-0.2, 0) is 26.4 Å². The number of carbonyl (C=O) groups is 1. The first-order valence-corrected chi connectivity index (χ1v) is 8.62. The second-order valence-electron chi connectivity index (χ2n) is 6.52. The third-order valence-corrected chi connectivity index (χ3v) is 4.67. The molecule has 3 aromatic rings. The Hall–Kier alpha value is -2.89. The molecule has 128 valence electrons. The zero-order valence-electron chi connectivity index (χ0n) is 14.2. The lowest BCUT2D eigenvalue weighted by Gasteiger charge is -2.16. The second kappa shape index (κ2) is 6.55. The van der Waals surface area contributed by atoms with Crippen molar-refractivity contribution in [2.45, 2.75) is 32.2 Å². The molecular formula is C19H21N5O. The second-order valence-corrected chi connectivity index (χ2v) is 6.52. The Labute approximate surface area is 146 Å². The van der Waals surface area contributed by atoms with Crippen LogP contribution in [0.2, 0.25) is 0 Å². The monoisotopic (exact) mass is 335 g/mol. The normalized spacial score (nSPS) is 13.5. The van der Waals surface area contributed by atoms with E-state index in [4.69, 9.17) is 0 Å². The highest BCUT2D eigenvalue weighted by molar-refractivity contribution is 5.89. The molecule has 25 heavy (non-hydrogen) atoms. The summed E-state index contributed by atoms with van der Waals surface area (Å²) in [6, 6.07) is 7.84. The molecule has 0 saturated heterocycles. The Bertz CT molecular complexity index is 931. The van der Waals surface area contributed by atoms with Crippen LogP contribution in [0.3, 0.4) is 0 Å². The number of carbonyl (C=O) groups excluding carboxylic acids is 1. The van der Waals surface area contributed by atoms with Crippen molar-refractivity contribution in [3.05, 3.63) is 53.6 Å². The van der Waals surface area contributed by atoms with Gasteiger partial charge in [-0.25, -0.2) is 9.78 Å². The van der Waals surface area contributed by atoms with E-state index in [0.717, 1.165) is 35.1 Å². The van der Waals surface area contributed by atoms with Gasteiger partial charge in [-0.3, -0.25) is 4.98 Å². The van der Waals surface area contributed by atoms with Gasteiger partial charge in [0.15, 0.2) is 0 Å². The molecule has 0 radical (unpaired) electrons. The van der Waals surface area contributed by atoms with E-state index in [9.17, 15) is 4.79 Å². The summed E-state index contributed by atoms with van der Waals surface area (Å²) in [4.78, 5) is 21.0. The number of pyridine rings is 1. The van der Waals surface area contributed by atoms with Crippen LogP contribution in [0.25, 0.3) is 11.0 Å². The number of benzene rings is 1. The molecule has 4 rings (SSSR count). The van der Waals surface area contributed by atoms with Gasteiger partial charge in [-0.05, 0) is 55.0 Å². The van der Waals surface area contributed by atoms with Gasteiger partial charge < -0.3 is 15.2 Å². The minimum absolute atomic E-state index is 0.223. The first-order valence-electron chi connectivity index (χ1n) is 8.62. The predicted molar refractivity (Wildman–Crippen MR) is 97.5 cm³/mol. The Morgan fingerprint density at radius 1 is 1.20 bits per heavy atom. The first-order chi connectivity index (χ1) is 12.2. The fourth-order valence-electron chi connectivity index (χ4n) is 3.31. The Morgan fingerprint density at radius 2 is 2.08 bits per heavy atom. The molecule has 0 bridgehead atoms. The molecule has 2 heterocycles. The van der Waals surface area contributed by atoms with Gasteiger partial charge in [0.1, 0.15) is 0 Å². The number of fused-ring (bicyclic) bond motifs is 2. The average molecular weight is 335 g/mol. The van der Waals surface area contributed by atoms with Crippen molar-refractivity contribution in [2.24, 2.45) is 7.05 Å². The third-order valence-electron chi connectivity index (χ3n) is 4.67. The molecule has 2 amide bonds. The number of urea groups is 1. The van der Waals surface area contributed by atoms with Crippen LogP contribution in [0.5, 0.6) is 0 Å². The average Bonchev–Trinajstić information content (AvgIpc) is 3.00. The fraction of sp³-hybridized carbons (Fsp3) is 0.316. The molecule has 0 unspecified atom stereocenters. The van der Waals surface area contributed by atoms with Gasteiger partial charge in [-0.2, -0.15) is 0 Å². The highest BCUT2D eigenvalue weighted by Crippen LogP contribution is 2.22. The van der Waals surface area contributed by atoms with E-state index in [2.05, 4.69) is 20.6 Å². The van der Waals surface area contributed by atoms with Crippen molar-refractivity contribution in [2.75, 3.05) is 5.32 Å². The fourth-order valence-corrected chi connectivity index (χ4v) is 3.31. The largest absolute Gasteiger partial charge is 0.334 e. The molecular weight excluding hydrogens is 314 g/mol. The molecule has 1 aromatic carbocycles. The molecule has 0 saturated carbocycles. The number of nitrogens with one attached hydrogen (secondary N) is 2. The lowest BCUT2D eigenvalue weighted by atomic mass is 9.96. The van der Waals surface area contributed by atoms with E-state index in [1.165, 1.54) is 24.1 Å². The van der Waals surface area contributed by atoms with Crippen molar-refractivity contribution in [1.29, 1.82) is 0 Å². The molecule has 2 N–H and O–H groups in total. The van der Waals surface area contributed by atoms with Crippen molar-refractivity contribution in [3.63, 3.8) is 0 Å². The Kier molecular flexibility index (Phi) is 4.09. The zero-order valence-corrected chi connectivity index (χ0v) is 14.2. The zero-order chi connectivity index (χ0) is 17.2. The van der Waals surface area contributed by atoms with Gasteiger partial charge in [0, 0.05) is 19.3 Å². The van der Waals surface area contributed by atoms with E-state index in [1.54, 1.807) is 12.5 Å². The van der Waals surface area contributed by atoms with E-state index >= 15 is 0 Å². The van der Waals surface area contributed by atoms with E-state index in [-0.39, 0.29) is 6.03 Å². The Morgan fingerprint density at radius 3 is 3.00 bits per heavy atom. The molecule has 0 fully saturated rings. The molecule has 1 aliphatic carbocycles. The van der Waals surface area contributed by atoms with E-state index in [0.29, 0.717) is 6.54 Å². The summed E-state index contributed by atoms with van der Waals surface area (Å²) in [6.45, 7) is 0.455. The van der Waals surface area contributed by atoms with Crippen molar-refractivity contribution in [3.8, 4) is 0 Å². The van der Waals surface area contributed by atoms with Gasteiger partial charge in [0.25, 0.3) is 0 Å². The summed E-state index contributed by atoms with van der Waals surface area (Å²) in [5.74, 6) is 0. The van der Waals surface area contributed by atoms with Gasteiger partial charge in [-0.15, -0.1) is 0 Å². The van der Waals surface area contributed by atoms with Gasteiger partial charge in [0.2, 0.25) is 0 Å². The standard InChI is InChI=1S/C19H21N5O/c1-24-12-22-17-8-13(6-7-18(17)24)10-21-19(25)23-15-9-14-4-2-3-5-16(14)20-11-15/h6-9,11-12H,2-5,10H2,1H3,(H2,21,23,25). The summed E-state index contributed by atoms with van der Waals surface area (Å²) in [5, 5.41) is 5.76. The van der Waals surface area contributed by atoms with Crippen LogP contribution < -0.4 is 10.6 Å². The highest BCUT2D eigenvalue weighted by atomic mass is 16.2. The van der Waals surface area contributed by atoms with Crippen LogP contribution in [0.1, 0.15) is 29.7 Å². The number of imidazole rings is 1. The maximum atomic E-state index is 12.2. The maximum Gasteiger partial charge on any atom is 0.319 e. The molecule has 1 aliphatic rings. The SMILES string of the molecule is Cn1cnc2cc(CNC(=O)Nc3cnc4c(c3)CCCC4)ccc21. The van der Waals surface area contributed by atoms with Crippen LogP contribution >= 0.6 is 0 Å². The topological polar surface area (TPSA) is 71.8 Å². The van der Waals surface area contributed by atoms with Gasteiger partial charge >= 0.3 is 6.03 Å². The van der Waals surface area contributed by atoms with Crippen LogP contribution in [-0.4, -0.2) is 20.6 Å². The lowest BCUT2D eigenvalue weighted by Crippen LogP contribution is -2.28. The maximum absolute atomic E-state index is 12.2. The quantitative estimate of drug-likeness (QED) is 0.772. The number of aryl methyl sites for hydroxylation is 3. The van der Waals surface area contributed by atoms with Crippen LogP contribution in [0, 0.1) is 0 Å². The molecule has 2 aromatic heterocycles. The molecule has 6 heteroatoms. The summed E-state index contributed by atoms with van der Waals surface area (Å²) < 4.78 is 1.97. The smallest absolute Gasteiger partial charge is 0.319 e. The van der Waals surface area contributed by atoms with Crippen molar-refractivity contribution in [1.82, 2.24) is 19.9 Å². The minimum Gasteiger partial charge on any atom is -0.334 e. The lowest BCUT2D eigenvalue weighted by molar-refractivity contribution is 0.251. The molecule has 6 nitrogen and oxygen atoms in total. The van der Waals surface area contributed by atoms with Crippen LogP contribution in [0.4, 0.5) is 10.5 Å². The summed E-state index contributed by atoms with van der Waals surface area (Å²) in [6.07, 6.45) is 8.01. The van der Waals surface area contributed by atoms with Gasteiger partial charge in [0.05, 0.1) is 29.2 Å². The number of aromatic nitrogens is 3. The summed E-state index contributed by atoms with van der Waals surface area (Å²) in [5.41, 5.74) is 6.20. The van der Waals surface area contributed by atoms with E-state index < -0.39 is 0 Å². The summed E-state index contributed by atoms with van der Waals surface area (Å²) in [7, 11) is 1.97. The van der Waals surface area contributed by atoms with E-state index in [1.807, 2.05) is 35.9 Å². The first kappa shape index (κ1) is 15.6. The number of nitrogens with zero attached hydrogens (tertiary/aromatic N) is 3. The third kappa shape index (κ3) is 3.33.